The van der Waals surface area contributed by atoms with Crippen molar-refractivity contribution >= 4 is 0 Å². The first-order valence-corrected chi connectivity index (χ1v) is 14.7. The van der Waals surface area contributed by atoms with Gasteiger partial charge in [0, 0.05) is 11.8 Å². The quantitative estimate of drug-likeness (QED) is 0.317. The molecule has 5 rings (SSSR count). The molecule has 194 valence electrons. The molecule has 0 heterocycles. The van der Waals surface area contributed by atoms with Crippen LogP contribution in [0.3, 0.4) is 0 Å². The fourth-order valence-electron chi connectivity index (χ4n) is 6.90. The van der Waals surface area contributed by atoms with Gasteiger partial charge < -0.3 is 0 Å². The Hall–Kier alpha value is -2.60. The summed E-state index contributed by atoms with van der Waals surface area (Å²) in [7, 11) is 0. The molecule has 5 aliphatic rings. The molecule has 2 unspecified atom stereocenters. The zero-order valence-electron chi connectivity index (χ0n) is 23.4. The molecule has 0 heteroatoms. The Kier molecular flexibility index (Phi) is 7.75. The van der Waals surface area contributed by atoms with Crippen molar-refractivity contribution in [3.05, 3.63) is 119 Å². The highest BCUT2D eigenvalue weighted by Gasteiger charge is 2.29. The maximum atomic E-state index is 4.43. The second-order valence-electron chi connectivity index (χ2n) is 13.1. The van der Waals surface area contributed by atoms with E-state index >= 15 is 0 Å². The third-order valence-electron chi connectivity index (χ3n) is 9.41. The molecule has 0 aromatic rings. The summed E-state index contributed by atoms with van der Waals surface area (Å²) in [6.07, 6.45) is 37.2. The second kappa shape index (κ2) is 11.0. The number of hydrogen-bond donors (Lipinski definition) is 0. The summed E-state index contributed by atoms with van der Waals surface area (Å²) in [5.41, 5.74) is 9.90. The standard InChI is InChI=1S/C37H46/c1-26(33-21-27(2)36-12-7-6-11-32(36)25-33)13-14-30-23-31-18-15-29(22-34(31)24-30)10-8-9-28-16-19-35(20-17-28)37(3,4)5/h6-7,11-12,15,18,21-25,28,34-36H,1-2,8-10,13-14,16-17,19-20H2,3-5H3. The molecule has 0 radical (unpaired) electrons. The van der Waals surface area contributed by atoms with E-state index in [9.17, 15) is 0 Å². The third kappa shape index (κ3) is 6.28. The summed E-state index contributed by atoms with van der Waals surface area (Å²) in [5.74, 6) is 2.69. The molecule has 0 nitrogen and oxygen atoms in total. The van der Waals surface area contributed by atoms with Gasteiger partial charge in [0.25, 0.3) is 0 Å². The first-order valence-electron chi connectivity index (χ1n) is 14.7. The highest BCUT2D eigenvalue weighted by Crippen LogP contribution is 2.42. The Morgan fingerprint density at radius 1 is 0.865 bits per heavy atom. The highest BCUT2D eigenvalue weighted by atomic mass is 14.3. The Labute approximate surface area is 226 Å². The zero-order chi connectivity index (χ0) is 26.0. The van der Waals surface area contributed by atoms with E-state index in [-0.39, 0.29) is 0 Å². The lowest BCUT2D eigenvalue weighted by atomic mass is 9.69. The van der Waals surface area contributed by atoms with Gasteiger partial charge in [0.1, 0.15) is 0 Å². The van der Waals surface area contributed by atoms with Crippen LogP contribution in [0.4, 0.5) is 0 Å². The van der Waals surface area contributed by atoms with Crippen molar-refractivity contribution in [2.24, 2.45) is 29.1 Å². The van der Waals surface area contributed by atoms with E-state index in [4.69, 9.17) is 0 Å². The van der Waals surface area contributed by atoms with Crippen LogP contribution in [-0.2, 0) is 0 Å². The number of allylic oxidation sites excluding steroid dienone is 18. The van der Waals surface area contributed by atoms with E-state index in [0.717, 1.165) is 24.7 Å². The van der Waals surface area contributed by atoms with Crippen LogP contribution in [0.5, 0.6) is 0 Å². The SMILES string of the molecule is C=C(CCC1=CC2C=C(CCCC3CCC(C(C)(C)C)CC3)C=CC2=C1)C1=CC(=C)C2C=CC=CC2=C1. The molecule has 0 saturated heterocycles. The highest BCUT2D eigenvalue weighted by molar-refractivity contribution is 5.56. The van der Waals surface area contributed by atoms with Crippen molar-refractivity contribution in [3.8, 4) is 0 Å². The molecular formula is C37H46. The second-order valence-corrected chi connectivity index (χ2v) is 13.1. The van der Waals surface area contributed by atoms with Crippen molar-refractivity contribution in [3.63, 3.8) is 0 Å². The summed E-state index contributed by atoms with van der Waals surface area (Å²) in [5, 5.41) is 0. The Morgan fingerprint density at radius 2 is 1.65 bits per heavy atom. The van der Waals surface area contributed by atoms with Crippen molar-refractivity contribution in [1.82, 2.24) is 0 Å². The lowest BCUT2D eigenvalue weighted by molar-refractivity contribution is 0.146. The zero-order valence-corrected chi connectivity index (χ0v) is 23.4. The molecule has 0 aromatic heterocycles. The van der Waals surface area contributed by atoms with Gasteiger partial charge in [-0.25, -0.2) is 0 Å². The van der Waals surface area contributed by atoms with Gasteiger partial charge in [0.05, 0.1) is 0 Å². The van der Waals surface area contributed by atoms with Crippen LogP contribution >= 0.6 is 0 Å². The Bertz CT molecular complexity index is 1160. The summed E-state index contributed by atoms with van der Waals surface area (Å²) in [4.78, 5) is 0. The van der Waals surface area contributed by atoms with Crippen LogP contribution < -0.4 is 0 Å². The largest absolute Gasteiger partial charge is 0.0952 e. The molecule has 0 aromatic carbocycles. The minimum absolute atomic E-state index is 0.336. The predicted molar refractivity (Wildman–Crippen MR) is 161 cm³/mol. The van der Waals surface area contributed by atoms with E-state index in [1.807, 2.05) is 0 Å². The smallest absolute Gasteiger partial charge is 0.0267 e. The molecule has 0 aliphatic heterocycles. The van der Waals surface area contributed by atoms with Gasteiger partial charge in [0.2, 0.25) is 0 Å². The van der Waals surface area contributed by atoms with Crippen LogP contribution in [0.1, 0.15) is 78.6 Å². The topological polar surface area (TPSA) is 0 Å². The van der Waals surface area contributed by atoms with Crippen LogP contribution in [-0.4, -0.2) is 0 Å². The number of fused-ring (bicyclic) bond motifs is 2. The van der Waals surface area contributed by atoms with Crippen LogP contribution in [0.15, 0.2) is 119 Å². The first-order chi connectivity index (χ1) is 17.8. The lowest BCUT2D eigenvalue weighted by Gasteiger charge is -2.37. The minimum Gasteiger partial charge on any atom is -0.0952 e. The summed E-state index contributed by atoms with van der Waals surface area (Å²) in [6, 6.07) is 0. The molecule has 2 atom stereocenters. The Balaban J connectivity index is 1.08. The number of rotatable bonds is 8. The van der Waals surface area contributed by atoms with Crippen LogP contribution in [0, 0.1) is 29.1 Å². The van der Waals surface area contributed by atoms with Crippen LogP contribution in [0.2, 0.25) is 0 Å². The summed E-state index contributed by atoms with van der Waals surface area (Å²) in [6.45, 7) is 16.0. The van der Waals surface area contributed by atoms with E-state index in [1.54, 1.807) is 0 Å². The summed E-state index contributed by atoms with van der Waals surface area (Å²) < 4.78 is 0. The van der Waals surface area contributed by atoms with E-state index < -0.39 is 0 Å². The molecule has 1 saturated carbocycles. The molecule has 1 fully saturated rings. The fourth-order valence-corrected chi connectivity index (χ4v) is 6.90. The lowest BCUT2D eigenvalue weighted by Crippen LogP contribution is -2.25. The maximum Gasteiger partial charge on any atom is 0.0267 e. The van der Waals surface area contributed by atoms with Crippen molar-refractivity contribution in [2.75, 3.05) is 0 Å². The van der Waals surface area contributed by atoms with E-state index in [1.165, 1.54) is 84.0 Å². The Morgan fingerprint density at radius 3 is 2.43 bits per heavy atom. The van der Waals surface area contributed by atoms with Gasteiger partial charge in [-0.15, -0.1) is 0 Å². The summed E-state index contributed by atoms with van der Waals surface area (Å²) >= 11 is 0. The maximum absolute atomic E-state index is 4.43. The van der Waals surface area contributed by atoms with Crippen molar-refractivity contribution in [2.45, 2.75) is 78.6 Å². The average Bonchev–Trinajstić information content (AvgIpc) is 3.29. The molecule has 0 amide bonds. The van der Waals surface area contributed by atoms with E-state index in [0.29, 0.717) is 17.3 Å². The van der Waals surface area contributed by atoms with Gasteiger partial charge >= 0.3 is 0 Å². The van der Waals surface area contributed by atoms with Crippen molar-refractivity contribution in [1.29, 1.82) is 0 Å². The average molecular weight is 491 g/mol. The predicted octanol–water partition coefficient (Wildman–Crippen LogP) is 10.5. The normalized spacial score (nSPS) is 28.6. The minimum atomic E-state index is 0.336. The molecule has 5 aliphatic carbocycles. The van der Waals surface area contributed by atoms with Gasteiger partial charge in [-0.05, 0) is 83.6 Å². The molecule has 0 N–H and O–H groups in total. The van der Waals surface area contributed by atoms with Gasteiger partial charge in [-0.2, -0.15) is 0 Å². The van der Waals surface area contributed by atoms with Gasteiger partial charge in [-0.3, -0.25) is 0 Å². The molecular weight excluding hydrogens is 444 g/mol. The molecule has 0 bridgehead atoms. The monoisotopic (exact) mass is 490 g/mol. The first kappa shape index (κ1) is 26.0. The van der Waals surface area contributed by atoms with Gasteiger partial charge in [0.15, 0.2) is 0 Å². The van der Waals surface area contributed by atoms with Gasteiger partial charge in [-0.1, -0.05) is 131 Å². The molecule has 37 heavy (non-hydrogen) atoms. The fraction of sp³-hybridized carbons (Fsp3) is 0.459. The van der Waals surface area contributed by atoms with Crippen molar-refractivity contribution < 1.29 is 0 Å². The molecule has 0 spiro atoms. The number of hydrogen-bond acceptors (Lipinski definition) is 0. The van der Waals surface area contributed by atoms with Crippen LogP contribution in [0.25, 0.3) is 0 Å². The van der Waals surface area contributed by atoms with E-state index in [2.05, 4.69) is 101 Å². The third-order valence-corrected chi connectivity index (χ3v) is 9.41.